The van der Waals surface area contributed by atoms with Gasteiger partial charge < -0.3 is 10.4 Å². The molecule has 2 N–H and O–H groups in total. The first-order valence-corrected chi connectivity index (χ1v) is 6.68. The second kappa shape index (κ2) is 5.43. The van der Waals surface area contributed by atoms with Gasteiger partial charge in [0, 0.05) is 5.56 Å². The van der Waals surface area contributed by atoms with Crippen molar-refractivity contribution in [1.82, 2.24) is 5.32 Å². The molecule has 0 bridgehead atoms. The maximum atomic E-state index is 12.1. The summed E-state index contributed by atoms with van der Waals surface area (Å²) >= 11 is 0. The molecule has 1 fully saturated rings. The van der Waals surface area contributed by atoms with Gasteiger partial charge in [-0.05, 0) is 43.4 Å². The smallest absolute Gasteiger partial charge is 0.305 e. The van der Waals surface area contributed by atoms with Crippen LogP contribution in [0.5, 0.6) is 0 Å². The Balaban J connectivity index is 2.04. The monoisotopic (exact) mass is 261 g/mol. The average molecular weight is 261 g/mol. The SMILES string of the molecule is CCc1ccc(C(=O)NC2(CC(=O)O)CCC2)cc1. The summed E-state index contributed by atoms with van der Waals surface area (Å²) in [5.74, 6) is -1.04. The number of rotatable bonds is 5. The lowest BCUT2D eigenvalue weighted by Crippen LogP contribution is -2.54. The van der Waals surface area contributed by atoms with E-state index in [9.17, 15) is 9.59 Å². The Bertz CT molecular complexity index is 475. The van der Waals surface area contributed by atoms with E-state index in [0.717, 1.165) is 25.7 Å². The van der Waals surface area contributed by atoms with Crippen LogP contribution >= 0.6 is 0 Å². The fraction of sp³-hybridized carbons (Fsp3) is 0.467. The molecule has 0 spiro atoms. The van der Waals surface area contributed by atoms with Crippen LogP contribution < -0.4 is 5.32 Å². The van der Waals surface area contributed by atoms with Gasteiger partial charge in [-0.3, -0.25) is 9.59 Å². The van der Waals surface area contributed by atoms with Gasteiger partial charge in [-0.15, -0.1) is 0 Å². The van der Waals surface area contributed by atoms with Gasteiger partial charge in [0.2, 0.25) is 0 Å². The Labute approximate surface area is 112 Å². The van der Waals surface area contributed by atoms with Gasteiger partial charge in [-0.1, -0.05) is 19.1 Å². The number of hydrogen-bond donors (Lipinski definition) is 2. The van der Waals surface area contributed by atoms with E-state index < -0.39 is 11.5 Å². The fourth-order valence-electron chi connectivity index (χ4n) is 2.44. The van der Waals surface area contributed by atoms with Gasteiger partial charge >= 0.3 is 5.97 Å². The number of carboxylic acids is 1. The predicted octanol–water partition coefficient (Wildman–Crippen LogP) is 2.38. The van der Waals surface area contributed by atoms with Crippen LogP contribution in [0.3, 0.4) is 0 Å². The van der Waals surface area contributed by atoms with Gasteiger partial charge in [0.15, 0.2) is 0 Å². The number of carboxylic acid groups (broad SMARTS) is 1. The summed E-state index contributed by atoms with van der Waals surface area (Å²) in [4.78, 5) is 23.0. The van der Waals surface area contributed by atoms with Crippen LogP contribution in [0.15, 0.2) is 24.3 Å². The Kier molecular flexibility index (Phi) is 3.88. The lowest BCUT2D eigenvalue weighted by atomic mass is 9.74. The van der Waals surface area contributed by atoms with Crippen molar-refractivity contribution in [2.75, 3.05) is 0 Å². The molecule has 1 aromatic carbocycles. The maximum Gasteiger partial charge on any atom is 0.305 e. The standard InChI is InChI=1S/C15H19NO3/c1-2-11-4-6-12(7-5-11)14(19)16-15(8-3-9-15)10-13(17)18/h4-7H,2-3,8-10H2,1H3,(H,16,19)(H,17,18). The van der Waals surface area contributed by atoms with E-state index in [1.807, 2.05) is 12.1 Å². The summed E-state index contributed by atoms with van der Waals surface area (Å²) in [6.45, 7) is 2.06. The highest BCUT2D eigenvalue weighted by Gasteiger charge is 2.40. The van der Waals surface area contributed by atoms with Crippen molar-refractivity contribution in [3.05, 3.63) is 35.4 Å². The molecule has 1 aliphatic carbocycles. The fourth-order valence-corrected chi connectivity index (χ4v) is 2.44. The van der Waals surface area contributed by atoms with Gasteiger partial charge in [0.05, 0.1) is 12.0 Å². The summed E-state index contributed by atoms with van der Waals surface area (Å²) in [5.41, 5.74) is 1.24. The molecule has 0 saturated heterocycles. The zero-order valence-electron chi connectivity index (χ0n) is 11.1. The van der Waals surface area contributed by atoms with E-state index in [2.05, 4.69) is 12.2 Å². The number of carbonyl (C=O) groups excluding carboxylic acids is 1. The van der Waals surface area contributed by atoms with Crippen molar-refractivity contribution < 1.29 is 14.7 Å². The second-order valence-corrected chi connectivity index (χ2v) is 5.21. The molecule has 19 heavy (non-hydrogen) atoms. The molecule has 1 saturated carbocycles. The summed E-state index contributed by atoms with van der Waals surface area (Å²) < 4.78 is 0. The van der Waals surface area contributed by atoms with Gasteiger partial charge in [0.1, 0.15) is 0 Å². The molecule has 0 heterocycles. The highest BCUT2D eigenvalue weighted by Crippen LogP contribution is 2.35. The number of benzene rings is 1. The molecule has 0 unspecified atom stereocenters. The molecule has 1 aliphatic rings. The average Bonchev–Trinajstić information content (AvgIpc) is 2.35. The highest BCUT2D eigenvalue weighted by molar-refractivity contribution is 5.95. The number of amides is 1. The van der Waals surface area contributed by atoms with Crippen molar-refractivity contribution in [1.29, 1.82) is 0 Å². The minimum absolute atomic E-state index is 0.00574. The number of nitrogens with one attached hydrogen (secondary N) is 1. The largest absolute Gasteiger partial charge is 0.481 e. The van der Waals surface area contributed by atoms with Crippen molar-refractivity contribution in [3.63, 3.8) is 0 Å². The molecule has 102 valence electrons. The van der Waals surface area contributed by atoms with Crippen molar-refractivity contribution in [2.24, 2.45) is 0 Å². The number of carbonyl (C=O) groups is 2. The normalized spacial score (nSPS) is 16.5. The third kappa shape index (κ3) is 3.13. The van der Waals surface area contributed by atoms with E-state index >= 15 is 0 Å². The van der Waals surface area contributed by atoms with E-state index in [1.165, 1.54) is 5.56 Å². The van der Waals surface area contributed by atoms with E-state index in [1.54, 1.807) is 12.1 Å². The van der Waals surface area contributed by atoms with Gasteiger partial charge in [-0.25, -0.2) is 0 Å². The molecule has 1 amide bonds. The summed E-state index contributed by atoms with van der Waals surface area (Å²) in [6.07, 6.45) is 3.41. The molecule has 0 radical (unpaired) electrons. The zero-order chi connectivity index (χ0) is 13.9. The third-order valence-electron chi connectivity index (χ3n) is 3.80. The lowest BCUT2D eigenvalue weighted by molar-refractivity contribution is -0.139. The van der Waals surface area contributed by atoms with Gasteiger partial charge in [-0.2, -0.15) is 0 Å². The summed E-state index contributed by atoms with van der Waals surface area (Å²) in [5, 5.41) is 11.8. The minimum atomic E-state index is -0.860. The highest BCUT2D eigenvalue weighted by atomic mass is 16.4. The molecule has 4 nitrogen and oxygen atoms in total. The van der Waals surface area contributed by atoms with Crippen LogP contribution in [-0.4, -0.2) is 22.5 Å². The minimum Gasteiger partial charge on any atom is -0.481 e. The summed E-state index contributed by atoms with van der Waals surface area (Å²) in [7, 11) is 0. The molecule has 1 aromatic rings. The van der Waals surface area contributed by atoms with E-state index in [0.29, 0.717) is 5.56 Å². The summed E-state index contributed by atoms with van der Waals surface area (Å²) in [6, 6.07) is 7.45. The molecular weight excluding hydrogens is 242 g/mol. The zero-order valence-corrected chi connectivity index (χ0v) is 11.1. The quantitative estimate of drug-likeness (QED) is 0.855. The van der Waals surface area contributed by atoms with Crippen LogP contribution in [0.1, 0.15) is 48.5 Å². The number of aliphatic carboxylic acids is 1. The first kappa shape index (κ1) is 13.6. The Hall–Kier alpha value is -1.84. The Morgan fingerprint density at radius 3 is 2.32 bits per heavy atom. The van der Waals surface area contributed by atoms with E-state index in [-0.39, 0.29) is 12.3 Å². The van der Waals surface area contributed by atoms with Crippen molar-refractivity contribution in [3.8, 4) is 0 Å². The topological polar surface area (TPSA) is 66.4 Å². The molecule has 0 aliphatic heterocycles. The van der Waals surface area contributed by atoms with Crippen LogP contribution in [-0.2, 0) is 11.2 Å². The number of hydrogen-bond acceptors (Lipinski definition) is 2. The van der Waals surface area contributed by atoms with Crippen molar-refractivity contribution >= 4 is 11.9 Å². The lowest BCUT2D eigenvalue weighted by Gasteiger charge is -2.41. The van der Waals surface area contributed by atoms with Crippen LogP contribution in [0.25, 0.3) is 0 Å². The molecular formula is C15H19NO3. The molecule has 0 atom stereocenters. The molecule has 0 aromatic heterocycles. The predicted molar refractivity (Wildman–Crippen MR) is 72.1 cm³/mol. The first-order valence-electron chi connectivity index (χ1n) is 6.68. The van der Waals surface area contributed by atoms with Crippen LogP contribution in [0.4, 0.5) is 0 Å². The third-order valence-corrected chi connectivity index (χ3v) is 3.80. The molecule has 4 heteroatoms. The Morgan fingerprint density at radius 2 is 1.89 bits per heavy atom. The first-order chi connectivity index (χ1) is 9.04. The molecule has 2 rings (SSSR count). The maximum absolute atomic E-state index is 12.1. The second-order valence-electron chi connectivity index (χ2n) is 5.21. The van der Waals surface area contributed by atoms with Crippen molar-refractivity contribution in [2.45, 2.75) is 44.6 Å². The Morgan fingerprint density at radius 1 is 1.26 bits per heavy atom. The van der Waals surface area contributed by atoms with Crippen LogP contribution in [0.2, 0.25) is 0 Å². The van der Waals surface area contributed by atoms with E-state index in [4.69, 9.17) is 5.11 Å². The van der Waals surface area contributed by atoms with Gasteiger partial charge in [0.25, 0.3) is 5.91 Å². The number of aryl methyl sites for hydroxylation is 1. The van der Waals surface area contributed by atoms with Crippen LogP contribution in [0, 0.1) is 0 Å².